The van der Waals surface area contributed by atoms with Gasteiger partial charge in [-0.05, 0) is 37.0 Å². The van der Waals surface area contributed by atoms with Crippen molar-refractivity contribution in [1.82, 2.24) is 0 Å². The molecular weight excluding hydrogens is 252 g/mol. The van der Waals surface area contributed by atoms with Crippen molar-refractivity contribution >= 4 is 34.5 Å². The summed E-state index contributed by atoms with van der Waals surface area (Å²) in [5, 5.41) is 4.20. The zero-order chi connectivity index (χ0) is 12.4. The normalized spacial score (nSPS) is 22.2. The second kappa shape index (κ2) is 5.23. The van der Waals surface area contributed by atoms with Gasteiger partial charge in [-0.1, -0.05) is 37.2 Å². The van der Waals surface area contributed by atoms with Crippen molar-refractivity contribution < 1.29 is 0 Å². The van der Waals surface area contributed by atoms with Crippen LogP contribution in [0.4, 0.5) is 5.69 Å². The van der Waals surface area contributed by atoms with E-state index in [-0.39, 0.29) is 0 Å². The lowest BCUT2D eigenvalue weighted by atomic mass is 10.1. The van der Waals surface area contributed by atoms with Crippen molar-refractivity contribution in [3.05, 3.63) is 28.8 Å². The van der Waals surface area contributed by atoms with Gasteiger partial charge in [0.2, 0.25) is 0 Å². The standard InChI is InChI=1S/C13H17ClN2S/c1-2-3-8-6-11(8)16-12-7-9(14)4-5-10(12)13(15)17/h4-5,7-8,11,16H,2-3,6H2,1H3,(H2,15,17). The maximum absolute atomic E-state index is 6.00. The molecule has 1 saturated carbocycles. The maximum Gasteiger partial charge on any atom is 0.106 e. The summed E-state index contributed by atoms with van der Waals surface area (Å²) in [7, 11) is 0. The van der Waals surface area contributed by atoms with E-state index in [0.29, 0.717) is 16.1 Å². The summed E-state index contributed by atoms with van der Waals surface area (Å²) in [4.78, 5) is 0.414. The van der Waals surface area contributed by atoms with E-state index < -0.39 is 0 Å². The zero-order valence-electron chi connectivity index (χ0n) is 9.87. The Morgan fingerprint density at radius 2 is 2.35 bits per heavy atom. The van der Waals surface area contributed by atoms with E-state index in [0.717, 1.165) is 17.2 Å². The van der Waals surface area contributed by atoms with Gasteiger partial charge in [-0.3, -0.25) is 0 Å². The van der Waals surface area contributed by atoms with Gasteiger partial charge in [-0.25, -0.2) is 0 Å². The fourth-order valence-electron chi connectivity index (χ4n) is 2.16. The molecule has 1 aromatic carbocycles. The summed E-state index contributed by atoms with van der Waals surface area (Å²) in [5.41, 5.74) is 7.55. The van der Waals surface area contributed by atoms with Gasteiger partial charge in [0, 0.05) is 22.3 Å². The monoisotopic (exact) mass is 268 g/mol. The summed E-state index contributed by atoms with van der Waals surface area (Å²) in [5.74, 6) is 0.790. The molecule has 1 aliphatic carbocycles. The van der Waals surface area contributed by atoms with Crippen LogP contribution in [-0.2, 0) is 0 Å². The highest BCUT2D eigenvalue weighted by Gasteiger charge is 2.36. The molecule has 0 bridgehead atoms. The number of nitrogens with two attached hydrogens (primary N) is 1. The molecule has 2 unspecified atom stereocenters. The number of thiocarbonyl (C=S) groups is 1. The Bertz CT molecular complexity index is 433. The van der Waals surface area contributed by atoms with E-state index in [1.54, 1.807) is 0 Å². The topological polar surface area (TPSA) is 38.0 Å². The minimum atomic E-state index is 0.414. The van der Waals surface area contributed by atoms with Crippen LogP contribution in [0.5, 0.6) is 0 Å². The van der Waals surface area contributed by atoms with E-state index in [4.69, 9.17) is 29.6 Å². The second-order valence-corrected chi connectivity index (χ2v) is 5.47. The molecule has 0 radical (unpaired) electrons. The Hall–Kier alpha value is -0.800. The van der Waals surface area contributed by atoms with Crippen LogP contribution in [0.1, 0.15) is 31.7 Å². The molecule has 0 aromatic heterocycles. The number of anilines is 1. The lowest BCUT2D eigenvalue weighted by molar-refractivity contribution is 0.693. The summed E-state index contributed by atoms with van der Waals surface area (Å²) in [6.45, 7) is 2.22. The number of benzene rings is 1. The Morgan fingerprint density at radius 1 is 1.59 bits per heavy atom. The van der Waals surface area contributed by atoms with Crippen molar-refractivity contribution in [2.75, 3.05) is 5.32 Å². The molecule has 92 valence electrons. The van der Waals surface area contributed by atoms with Gasteiger partial charge in [-0.2, -0.15) is 0 Å². The van der Waals surface area contributed by atoms with Crippen molar-refractivity contribution in [3.8, 4) is 0 Å². The predicted octanol–water partition coefficient (Wildman–Crippen LogP) is 3.57. The average molecular weight is 269 g/mol. The molecule has 1 fully saturated rings. The quantitative estimate of drug-likeness (QED) is 0.802. The highest BCUT2D eigenvalue weighted by molar-refractivity contribution is 7.80. The van der Waals surface area contributed by atoms with E-state index in [9.17, 15) is 0 Å². The Labute approximate surface area is 113 Å². The number of nitrogens with one attached hydrogen (secondary N) is 1. The maximum atomic E-state index is 6.00. The molecule has 0 saturated heterocycles. The van der Waals surface area contributed by atoms with Crippen molar-refractivity contribution in [2.45, 2.75) is 32.2 Å². The summed E-state index contributed by atoms with van der Waals surface area (Å²) in [6, 6.07) is 6.15. The molecule has 2 nitrogen and oxygen atoms in total. The molecule has 0 heterocycles. The highest BCUT2D eigenvalue weighted by Crippen LogP contribution is 2.38. The van der Waals surface area contributed by atoms with Gasteiger partial charge in [0.1, 0.15) is 4.99 Å². The zero-order valence-corrected chi connectivity index (χ0v) is 11.4. The molecule has 4 heteroatoms. The van der Waals surface area contributed by atoms with Crippen LogP contribution in [-0.4, -0.2) is 11.0 Å². The molecule has 17 heavy (non-hydrogen) atoms. The van der Waals surface area contributed by atoms with Crippen molar-refractivity contribution in [2.24, 2.45) is 11.7 Å². The van der Waals surface area contributed by atoms with E-state index in [2.05, 4.69) is 12.2 Å². The van der Waals surface area contributed by atoms with Crippen LogP contribution in [0, 0.1) is 5.92 Å². The minimum absolute atomic E-state index is 0.414. The van der Waals surface area contributed by atoms with Crippen LogP contribution >= 0.6 is 23.8 Å². The Kier molecular flexibility index (Phi) is 3.89. The first-order valence-electron chi connectivity index (χ1n) is 5.97. The molecule has 2 rings (SSSR count). The van der Waals surface area contributed by atoms with E-state index in [1.165, 1.54) is 19.3 Å². The van der Waals surface area contributed by atoms with Gasteiger partial charge in [0.15, 0.2) is 0 Å². The highest BCUT2D eigenvalue weighted by atomic mass is 35.5. The number of halogens is 1. The molecule has 1 aliphatic rings. The Morgan fingerprint density at radius 3 is 3.00 bits per heavy atom. The lowest BCUT2D eigenvalue weighted by Crippen LogP contribution is -2.14. The third-order valence-corrected chi connectivity index (χ3v) is 3.63. The van der Waals surface area contributed by atoms with Crippen LogP contribution in [0.3, 0.4) is 0 Å². The summed E-state index contributed by atoms with van der Waals surface area (Å²) < 4.78 is 0. The van der Waals surface area contributed by atoms with Gasteiger partial charge in [0.05, 0.1) is 0 Å². The molecular formula is C13H17ClN2S. The molecule has 2 atom stereocenters. The second-order valence-electron chi connectivity index (χ2n) is 4.59. The van der Waals surface area contributed by atoms with Crippen LogP contribution in [0.15, 0.2) is 18.2 Å². The lowest BCUT2D eigenvalue weighted by Gasteiger charge is -2.11. The SMILES string of the molecule is CCCC1CC1Nc1cc(Cl)ccc1C(N)=S. The third-order valence-electron chi connectivity index (χ3n) is 3.17. The van der Waals surface area contributed by atoms with Crippen LogP contribution in [0.25, 0.3) is 0 Å². The first kappa shape index (κ1) is 12.7. The first-order chi connectivity index (χ1) is 8.11. The van der Waals surface area contributed by atoms with E-state index >= 15 is 0 Å². The first-order valence-corrected chi connectivity index (χ1v) is 6.76. The molecule has 1 aromatic rings. The number of hydrogen-bond acceptors (Lipinski definition) is 2. The summed E-state index contributed by atoms with van der Waals surface area (Å²) >= 11 is 11.0. The van der Waals surface area contributed by atoms with Crippen LogP contribution in [0.2, 0.25) is 5.02 Å². The van der Waals surface area contributed by atoms with Gasteiger partial charge in [0.25, 0.3) is 0 Å². The fourth-order valence-corrected chi connectivity index (χ4v) is 2.51. The number of hydrogen-bond donors (Lipinski definition) is 2. The van der Waals surface area contributed by atoms with Crippen molar-refractivity contribution in [3.63, 3.8) is 0 Å². The van der Waals surface area contributed by atoms with Gasteiger partial charge >= 0.3 is 0 Å². The smallest absolute Gasteiger partial charge is 0.106 e. The number of rotatable bonds is 5. The van der Waals surface area contributed by atoms with Gasteiger partial charge < -0.3 is 11.1 Å². The van der Waals surface area contributed by atoms with Gasteiger partial charge in [-0.15, -0.1) is 0 Å². The molecule has 0 aliphatic heterocycles. The fraction of sp³-hybridized carbons (Fsp3) is 0.462. The predicted molar refractivity (Wildman–Crippen MR) is 77.8 cm³/mol. The molecule has 0 amide bonds. The van der Waals surface area contributed by atoms with Crippen LogP contribution < -0.4 is 11.1 Å². The van der Waals surface area contributed by atoms with Crippen molar-refractivity contribution in [1.29, 1.82) is 0 Å². The average Bonchev–Trinajstić information content (AvgIpc) is 2.96. The molecule has 0 spiro atoms. The minimum Gasteiger partial charge on any atom is -0.389 e. The molecule has 3 N–H and O–H groups in total. The summed E-state index contributed by atoms with van der Waals surface area (Å²) in [6.07, 6.45) is 3.75. The van der Waals surface area contributed by atoms with E-state index in [1.807, 2.05) is 18.2 Å². The third kappa shape index (κ3) is 3.11. The Balaban J connectivity index is 2.10. The largest absolute Gasteiger partial charge is 0.389 e.